The predicted octanol–water partition coefficient (Wildman–Crippen LogP) is 2.68. The summed E-state index contributed by atoms with van der Waals surface area (Å²) in [5, 5.41) is 11.5. The van der Waals surface area contributed by atoms with Crippen LogP contribution in [0, 0.1) is 0 Å². The Hall–Kier alpha value is -2.88. The van der Waals surface area contributed by atoms with Crippen molar-refractivity contribution in [1.82, 2.24) is 5.32 Å². The Bertz CT molecular complexity index is 958. The number of carbonyl (C=O) groups is 2. The molecule has 2 aromatic rings. The molecule has 0 aromatic heterocycles. The van der Waals surface area contributed by atoms with Crippen LogP contribution in [0.5, 0.6) is 0 Å². The molecule has 2 rings (SSSR count). The van der Waals surface area contributed by atoms with Gasteiger partial charge in [-0.1, -0.05) is 30.3 Å². The number of benzene rings is 2. The van der Waals surface area contributed by atoms with Crippen LogP contribution in [0.25, 0.3) is 0 Å². The highest BCUT2D eigenvalue weighted by Crippen LogP contribution is 2.29. The first-order valence-electron chi connectivity index (χ1n) is 8.45. The number of aliphatic carboxylic acids is 1. The molecular weight excluding hydrogens is 411 g/mol. The van der Waals surface area contributed by atoms with E-state index in [9.17, 15) is 36.3 Å². The van der Waals surface area contributed by atoms with E-state index >= 15 is 0 Å². The molecule has 0 spiro atoms. The van der Waals surface area contributed by atoms with E-state index in [1.165, 1.54) is 24.3 Å². The zero-order valence-corrected chi connectivity index (χ0v) is 15.8. The molecule has 156 valence electrons. The summed E-state index contributed by atoms with van der Waals surface area (Å²) in [6.45, 7) is 0. The van der Waals surface area contributed by atoms with E-state index in [2.05, 4.69) is 5.32 Å². The molecule has 2 N–H and O–H groups in total. The van der Waals surface area contributed by atoms with Crippen molar-refractivity contribution < 1.29 is 36.3 Å². The number of amides is 1. The number of carboxylic acids is 1. The molecule has 0 saturated heterocycles. The topological polar surface area (TPSA) is 101 Å². The highest BCUT2D eigenvalue weighted by atomic mass is 32.2. The Kier molecular flexibility index (Phi) is 7.02. The minimum absolute atomic E-state index is 0.0419. The summed E-state index contributed by atoms with van der Waals surface area (Å²) in [6, 6.07) is 9.92. The molecule has 1 atom stereocenters. The van der Waals surface area contributed by atoms with E-state index in [-0.39, 0.29) is 23.3 Å². The Morgan fingerprint density at radius 3 is 2.10 bits per heavy atom. The number of carboxylic acid groups (broad SMARTS) is 1. The maximum Gasteiger partial charge on any atom is 0.416 e. The fourth-order valence-corrected chi connectivity index (χ4v) is 3.87. The molecule has 0 aliphatic heterocycles. The minimum Gasteiger partial charge on any atom is -0.480 e. The molecule has 10 heteroatoms. The van der Waals surface area contributed by atoms with Crippen molar-refractivity contribution in [2.24, 2.45) is 0 Å². The highest BCUT2D eigenvalue weighted by Gasteiger charge is 2.30. The predicted molar refractivity (Wildman–Crippen MR) is 97.8 cm³/mol. The fraction of sp³-hybridized carbons (Fsp3) is 0.263. The minimum atomic E-state index is -4.50. The first kappa shape index (κ1) is 22.4. The van der Waals surface area contributed by atoms with Crippen LogP contribution >= 0.6 is 0 Å². The fourth-order valence-electron chi connectivity index (χ4n) is 2.52. The summed E-state index contributed by atoms with van der Waals surface area (Å²) >= 11 is 0. The molecule has 0 aliphatic rings. The number of nitrogens with one attached hydrogen (secondary N) is 1. The van der Waals surface area contributed by atoms with E-state index in [0.717, 1.165) is 24.3 Å². The molecule has 0 unspecified atom stereocenters. The van der Waals surface area contributed by atoms with Crippen molar-refractivity contribution in [2.75, 3.05) is 5.75 Å². The number of hydrogen-bond acceptors (Lipinski definition) is 4. The van der Waals surface area contributed by atoms with Gasteiger partial charge in [-0.2, -0.15) is 13.2 Å². The zero-order valence-electron chi connectivity index (χ0n) is 15.0. The molecule has 29 heavy (non-hydrogen) atoms. The average Bonchev–Trinajstić information content (AvgIpc) is 2.65. The molecule has 0 radical (unpaired) electrons. The molecule has 2 aromatic carbocycles. The average molecular weight is 429 g/mol. The Labute approximate surface area is 165 Å². The van der Waals surface area contributed by atoms with Gasteiger partial charge in [0.2, 0.25) is 5.91 Å². The quantitative estimate of drug-likeness (QED) is 0.672. The molecular formula is C19H18F3NO5S. The number of rotatable bonds is 8. The third-order valence-corrected chi connectivity index (χ3v) is 5.82. The third-order valence-electron chi connectivity index (χ3n) is 4.06. The maximum atomic E-state index is 12.6. The van der Waals surface area contributed by atoms with Crippen LogP contribution in [0.3, 0.4) is 0 Å². The maximum absolute atomic E-state index is 12.6. The zero-order chi connectivity index (χ0) is 21.7. The van der Waals surface area contributed by atoms with Crippen LogP contribution in [0.4, 0.5) is 13.2 Å². The van der Waals surface area contributed by atoms with E-state index in [0.29, 0.717) is 0 Å². The lowest BCUT2D eigenvalue weighted by atomic mass is 10.1. The lowest BCUT2D eigenvalue weighted by Gasteiger charge is -2.15. The van der Waals surface area contributed by atoms with Gasteiger partial charge in [0, 0.05) is 0 Å². The lowest BCUT2D eigenvalue weighted by molar-refractivity contribution is -0.141. The molecule has 0 saturated carbocycles. The van der Waals surface area contributed by atoms with E-state index in [1.807, 2.05) is 0 Å². The van der Waals surface area contributed by atoms with Crippen LogP contribution in [0.15, 0.2) is 59.5 Å². The second kappa shape index (κ2) is 9.08. The van der Waals surface area contributed by atoms with Crippen molar-refractivity contribution in [3.8, 4) is 0 Å². The van der Waals surface area contributed by atoms with Crippen LogP contribution in [0.2, 0.25) is 0 Å². The van der Waals surface area contributed by atoms with Crippen molar-refractivity contribution in [2.45, 2.75) is 30.0 Å². The lowest BCUT2D eigenvalue weighted by Crippen LogP contribution is -2.42. The summed E-state index contributed by atoms with van der Waals surface area (Å²) in [6.07, 6.45) is -5.20. The summed E-state index contributed by atoms with van der Waals surface area (Å²) in [4.78, 5) is 23.5. The summed E-state index contributed by atoms with van der Waals surface area (Å²) in [5.41, 5.74) is -0.604. The largest absolute Gasteiger partial charge is 0.480 e. The number of sulfone groups is 1. The Morgan fingerprint density at radius 1 is 1.00 bits per heavy atom. The van der Waals surface area contributed by atoms with Gasteiger partial charge in [-0.25, -0.2) is 13.2 Å². The van der Waals surface area contributed by atoms with Crippen LogP contribution in [-0.4, -0.2) is 37.2 Å². The normalized spacial score (nSPS) is 12.9. The second-order valence-corrected chi connectivity index (χ2v) is 8.36. The van der Waals surface area contributed by atoms with Gasteiger partial charge in [-0.15, -0.1) is 0 Å². The molecule has 1 amide bonds. The van der Waals surface area contributed by atoms with Crippen molar-refractivity contribution in [3.05, 3.63) is 65.7 Å². The summed E-state index contributed by atoms with van der Waals surface area (Å²) in [7, 11) is -3.72. The van der Waals surface area contributed by atoms with E-state index in [4.69, 9.17) is 0 Å². The van der Waals surface area contributed by atoms with Gasteiger partial charge < -0.3 is 10.4 Å². The van der Waals surface area contributed by atoms with Crippen molar-refractivity contribution in [3.63, 3.8) is 0 Å². The summed E-state index contributed by atoms with van der Waals surface area (Å²) in [5.74, 6) is -2.64. The summed E-state index contributed by atoms with van der Waals surface area (Å²) < 4.78 is 62.2. The number of halogens is 3. The molecule has 0 fully saturated rings. The Morgan fingerprint density at radius 2 is 1.59 bits per heavy atom. The van der Waals surface area contributed by atoms with Gasteiger partial charge in [0.25, 0.3) is 0 Å². The second-order valence-electron chi connectivity index (χ2n) is 6.25. The standard InChI is InChI=1S/C19H18F3NO5S/c20-19(21,22)14-8-6-13(7-9-14)12-17(24)23-16(18(25)26)10-11-29(27,28)15-4-2-1-3-5-15/h1-9,16H,10-12H2,(H,23,24)(H,25,26)/t16-/m1/s1. The molecule has 0 bridgehead atoms. The molecule has 0 heterocycles. The first-order chi connectivity index (χ1) is 13.5. The monoisotopic (exact) mass is 429 g/mol. The SMILES string of the molecule is O=C(Cc1ccc(C(F)(F)F)cc1)N[C@H](CCS(=O)(=O)c1ccccc1)C(=O)O. The van der Waals surface area contributed by atoms with Crippen LogP contribution in [0.1, 0.15) is 17.5 Å². The van der Waals surface area contributed by atoms with Gasteiger partial charge in [-0.3, -0.25) is 4.79 Å². The van der Waals surface area contributed by atoms with Crippen LogP contribution in [-0.2, 0) is 32.0 Å². The van der Waals surface area contributed by atoms with E-state index in [1.54, 1.807) is 6.07 Å². The van der Waals surface area contributed by atoms with Gasteiger partial charge in [0.1, 0.15) is 6.04 Å². The number of hydrogen-bond donors (Lipinski definition) is 2. The van der Waals surface area contributed by atoms with Crippen molar-refractivity contribution in [1.29, 1.82) is 0 Å². The van der Waals surface area contributed by atoms with Gasteiger partial charge >= 0.3 is 12.1 Å². The number of carbonyl (C=O) groups excluding carboxylic acids is 1. The van der Waals surface area contributed by atoms with Crippen LogP contribution < -0.4 is 5.32 Å². The molecule has 6 nitrogen and oxygen atoms in total. The molecule has 0 aliphatic carbocycles. The van der Waals surface area contributed by atoms with Gasteiger partial charge in [0.05, 0.1) is 22.6 Å². The highest BCUT2D eigenvalue weighted by molar-refractivity contribution is 7.91. The van der Waals surface area contributed by atoms with Gasteiger partial charge in [-0.05, 0) is 36.2 Å². The number of alkyl halides is 3. The first-order valence-corrected chi connectivity index (χ1v) is 10.1. The van der Waals surface area contributed by atoms with Gasteiger partial charge in [0.15, 0.2) is 9.84 Å². The third kappa shape index (κ3) is 6.60. The van der Waals surface area contributed by atoms with E-state index < -0.39 is 45.2 Å². The smallest absolute Gasteiger partial charge is 0.416 e. The van der Waals surface area contributed by atoms with Crippen molar-refractivity contribution >= 4 is 21.7 Å². The Balaban J connectivity index is 1.98.